The first-order valence-electron chi connectivity index (χ1n) is 8.41. The van der Waals surface area contributed by atoms with Gasteiger partial charge in [-0.1, -0.05) is 12.1 Å². The average Bonchev–Trinajstić information content (AvgIpc) is 3.26. The number of rotatable bonds is 3. The number of ether oxygens (including phenoxy) is 1. The van der Waals surface area contributed by atoms with Crippen LogP contribution in [-0.4, -0.2) is 28.3 Å². The second-order valence-corrected chi connectivity index (χ2v) is 6.15. The number of benzene rings is 2. The molecule has 0 radical (unpaired) electrons. The fourth-order valence-electron chi connectivity index (χ4n) is 3.38. The molecule has 0 saturated heterocycles. The molecule has 0 unspecified atom stereocenters. The molecule has 1 amide bonds. The number of carbonyl (C=O) groups excluding carboxylic acids is 2. The van der Waals surface area contributed by atoms with E-state index in [1.165, 1.54) is 31.2 Å². The molecule has 7 nitrogen and oxygen atoms in total. The van der Waals surface area contributed by atoms with Crippen LogP contribution in [0, 0.1) is 11.3 Å². The Morgan fingerprint density at radius 3 is 2.79 bits per heavy atom. The first-order chi connectivity index (χ1) is 13.8. The lowest BCUT2D eigenvalue weighted by Gasteiger charge is -2.15. The summed E-state index contributed by atoms with van der Waals surface area (Å²) in [6.45, 7) is 1.37. The highest BCUT2D eigenvalue weighted by atomic mass is 19.4. The van der Waals surface area contributed by atoms with Gasteiger partial charge in [0, 0.05) is 16.3 Å². The van der Waals surface area contributed by atoms with Crippen molar-refractivity contribution in [3.05, 3.63) is 52.8 Å². The molecule has 2 heterocycles. The molecule has 1 aliphatic rings. The number of hydrogen-bond donors (Lipinski definition) is 1. The van der Waals surface area contributed by atoms with Crippen molar-refractivity contribution in [1.82, 2.24) is 9.78 Å². The monoisotopic (exact) mass is 400 g/mol. The van der Waals surface area contributed by atoms with Crippen molar-refractivity contribution >= 4 is 28.3 Å². The number of aromatic nitrogens is 2. The molecule has 0 bridgehead atoms. The van der Waals surface area contributed by atoms with Gasteiger partial charge in [0.15, 0.2) is 5.69 Å². The topological polar surface area (TPSA) is 97.0 Å². The molecule has 4 rings (SSSR count). The molecular weight excluding hydrogens is 389 g/mol. The number of alkyl halides is 3. The molecule has 1 aliphatic heterocycles. The number of halogens is 3. The van der Waals surface area contributed by atoms with E-state index in [0.29, 0.717) is 10.1 Å². The van der Waals surface area contributed by atoms with E-state index in [-0.39, 0.29) is 34.5 Å². The van der Waals surface area contributed by atoms with Gasteiger partial charge in [0.2, 0.25) is 0 Å². The summed E-state index contributed by atoms with van der Waals surface area (Å²) >= 11 is 0. The van der Waals surface area contributed by atoms with Crippen molar-refractivity contribution in [1.29, 1.82) is 5.26 Å². The van der Waals surface area contributed by atoms with Gasteiger partial charge in [-0.05, 0) is 19.1 Å². The number of carbonyl (C=O) groups is 2. The molecule has 0 spiro atoms. The maximum absolute atomic E-state index is 13.8. The molecule has 146 valence electrons. The van der Waals surface area contributed by atoms with E-state index in [4.69, 9.17) is 4.74 Å². The molecule has 29 heavy (non-hydrogen) atoms. The molecule has 0 aliphatic carbocycles. The van der Waals surface area contributed by atoms with Crippen LogP contribution in [0.2, 0.25) is 0 Å². The van der Waals surface area contributed by atoms with Gasteiger partial charge in [-0.25, -0.2) is 9.48 Å². The molecule has 2 aromatic carbocycles. The third-order valence-corrected chi connectivity index (χ3v) is 4.51. The van der Waals surface area contributed by atoms with Gasteiger partial charge >= 0.3 is 12.1 Å². The highest BCUT2D eigenvalue weighted by Crippen LogP contribution is 2.41. The average molecular weight is 400 g/mol. The third kappa shape index (κ3) is 2.70. The third-order valence-electron chi connectivity index (χ3n) is 4.51. The molecule has 1 N–H and O–H groups in total. The van der Waals surface area contributed by atoms with Crippen LogP contribution in [0.5, 0.6) is 0 Å². The Labute approximate surface area is 161 Å². The second-order valence-electron chi connectivity index (χ2n) is 6.15. The van der Waals surface area contributed by atoms with E-state index < -0.39 is 29.3 Å². The number of nitriles is 1. The quantitative estimate of drug-likeness (QED) is 0.677. The van der Waals surface area contributed by atoms with Crippen molar-refractivity contribution in [2.24, 2.45) is 0 Å². The lowest BCUT2D eigenvalue weighted by Crippen LogP contribution is -2.18. The van der Waals surface area contributed by atoms with Gasteiger partial charge in [0.1, 0.15) is 11.6 Å². The largest absolute Gasteiger partial charge is 0.462 e. The molecule has 0 atom stereocenters. The molecule has 10 heteroatoms. The van der Waals surface area contributed by atoms with E-state index in [1.807, 2.05) is 6.07 Å². The maximum Gasteiger partial charge on any atom is 0.434 e. The Kier molecular flexibility index (Phi) is 4.04. The predicted octanol–water partition coefficient (Wildman–Crippen LogP) is 3.66. The number of hydrogen-bond acceptors (Lipinski definition) is 5. The Hall–Kier alpha value is -3.87. The van der Waals surface area contributed by atoms with Gasteiger partial charge in [-0.2, -0.15) is 23.5 Å². The van der Waals surface area contributed by atoms with E-state index in [0.717, 1.165) is 6.20 Å². The molecular formula is C19H11F3N4O3. The highest BCUT2D eigenvalue weighted by Gasteiger charge is 2.41. The second kappa shape index (κ2) is 6.34. The summed E-state index contributed by atoms with van der Waals surface area (Å²) in [5, 5.41) is 16.4. The van der Waals surface area contributed by atoms with Crippen LogP contribution in [0.3, 0.4) is 0 Å². The van der Waals surface area contributed by atoms with Crippen molar-refractivity contribution in [3.63, 3.8) is 0 Å². The number of anilines is 1. The van der Waals surface area contributed by atoms with Crippen LogP contribution < -0.4 is 5.32 Å². The first kappa shape index (κ1) is 18.5. The SMILES string of the molecule is CCOC(=O)c1cnn(-c2cc(C#N)c3c4c(cccc24)C(=O)N3)c1C(F)(F)F. The summed E-state index contributed by atoms with van der Waals surface area (Å²) in [5.41, 5.74) is -1.69. The zero-order valence-electron chi connectivity index (χ0n) is 14.8. The van der Waals surface area contributed by atoms with Crippen LogP contribution in [0.25, 0.3) is 16.5 Å². The molecule has 3 aromatic rings. The van der Waals surface area contributed by atoms with Crippen LogP contribution in [0.4, 0.5) is 18.9 Å². The van der Waals surface area contributed by atoms with E-state index in [2.05, 4.69) is 10.4 Å². The van der Waals surface area contributed by atoms with Gasteiger partial charge in [0.25, 0.3) is 5.91 Å². The van der Waals surface area contributed by atoms with Gasteiger partial charge in [0.05, 0.1) is 29.7 Å². The summed E-state index contributed by atoms with van der Waals surface area (Å²) in [6, 6.07) is 7.63. The number of amides is 1. The van der Waals surface area contributed by atoms with E-state index >= 15 is 0 Å². The Bertz CT molecular complexity index is 1240. The fraction of sp³-hybridized carbons (Fsp3) is 0.158. The number of nitrogens with one attached hydrogen (secondary N) is 1. The fourth-order valence-corrected chi connectivity index (χ4v) is 3.38. The first-order valence-corrected chi connectivity index (χ1v) is 8.41. The number of nitrogens with zero attached hydrogens (tertiary/aromatic N) is 3. The predicted molar refractivity (Wildman–Crippen MR) is 94.7 cm³/mol. The summed E-state index contributed by atoms with van der Waals surface area (Å²) in [4.78, 5) is 24.2. The zero-order chi connectivity index (χ0) is 20.9. The lowest BCUT2D eigenvalue weighted by molar-refractivity contribution is -0.143. The summed E-state index contributed by atoms with van der Waals surface area (Å²) in [6.07, 6.45) is -4.15. The lowest BCUT2D eigenvalue weighted by atomic mass is 10.0. The van der Waals surface area contributed by atoms with Gasteiger partial charge in [-0.3, -0.25) is 4.79 Å². The molecule has 0 saturated carbocycles. The van der Waals surface area contributed by atoms with Crippen LogP contribution in [0.15, 0.2) is 30.5 Å². The van der Waals surface area contributed by atoms with Gasteiger partial charge < -0.3 is 10.1 Å². The van der Waals surface area contributed by atoms with Gasteiger partial charge in [-0.15, -0.1) is 0 Å². The standard InChI is InChI=1S/C19H11F3N4O3/c1-2-29-18(28)12-8-24-26(16(12)19(20,21)22)13-6-9(7-23)15-14-10(13)4-3-5-11(14)17(27)25-15/h3-6,8H,2H2,1H3,(H,25,27). The van der Waals surface area contributed by atoms with E-state index in [1.54, 1.807) is 0 Å². The van der Waals surface area contributed by atoms with Crippen molar-refractivity contribution in [2.45, 2.75) is 13.1 Å². The van der Waals surface area contributed by atoms with Crippen molar-refractivity contribution < 1.29 is 27.5 Å². The number of esters is 1. The summed E-state index contributed by atoms with van der Waals surface area (Å²) in [5.74, 6) is -1.61. The Morgan fingerprint density at radius 2 is 2.14 bits per heavy atom. The van der Waals surface area contributed by atoms with Crippen LogP contribution in [-0.2, 0) is 10.9 Å². The minimum atomic E-state index is -4.93. The maximum atomic E-state index is 13.8. The minimum Gasteiger partial charge on any atom is -0.462 e. The Balaban J connectivity index is 2.08. The zero-order valence-corrected chi connectivity index (χ0v) is 14.8. The normalized spacial score (nSPS) is 12.7. The summed E-state index contributed by atoms with van der Waals surface area (Å²) in [7, 11) is 0. The highest BCUT2D eigenvalue weighted by molar-refractivity contribution is 6.26. The van der Waals surface area contributed by atoms with Crippen molar-refractivity contribution in [3.8, 4) is 11.8 Å². The smallest absolute Gasteiger partial charge is 0.434 e. The Morgan fingerprint density at radius 1 is 1.38 bits per heavy atom. The van der Waals surface area contributed by atoms with Crippen LogP contribution >= 0.6 is 0 Å². The minimum absolute atomic E-state index is 0.0212. The van der Waals surface area contributed by atoms with E-state index in [9.17, 15) is 28.0 Å². The molecule has 1 aromatic heterocycles. The molecule has 0 fully saturated rings. The summed E-state index contributed by atoms with van der Waals surface area (Å²) < 4.78 is 46.8. The van der Waals surface area contributed by atoms with Crippen LogP contribution in [0.1, 0.15) is 38.9 Å². The van der Waals surface area contributed by atoms with Crippen molar-refractivity contribution in [2.75, 3.05) is 11.9 Å².